The maximum Gasteiger partial charge on any atom is 0.0518 e. The van der Waals surface area contributed by atoms with Gasteiger partial charge in [0.1, 0.15) is 0 Å². The molecule has 0 unspecified atom stereocenters. The standard InChI is InChI=1S/C14H22BrNOS/c1-12(2)17-10-3-8-16-9-11-18-14-6-4-13(15)5-7-14/h4-7,12,16H,3,8-11H2,1-2H3. The average Bonchev–Trinajstić information content (AvgIpc) is 2.34. The lowest BCUT2D eigenvalue weighted by Crippen LogP contribution is -2.20. The zero-order valence-electron chi connectivity index (χ0n) is 11.1. The summed E-state index contributed by atoms with van der Waals surface area (Å²) in [6.45, 7) is 7.07. The van der Waals surface area contributed by atoms with Gasteiger partial charge < -0.3 is 10.1 Å². The molecule has 0 bridgehead atoms. The van der Waals surface area contributed by atoms with E-state index in [0.717, 1.165) is 36.3 Å². The molecule has 1 aromatic rings. The molecular weight excluding hydrogens is 310 g/mol. The first-order chi connectivity index (χ1) is 8.68. The van der Waals surface area contributed by atoms with Crippen LogP contribution in [-0.2, 0) is 4.74 Å². The Labute approximate surface area is 123 Å². The minimum Gasteiger partial charge on any atom is -0.379 e. The molecule has 0 aliphatic carbocycles. The maximum atomic E-state index is 5.48. The second-order valence-corrected chi connectivity index (χ2v) is 6.41. The molecule has 0 spiro atoms. The van der Waals surface area contributed by atoms with E-state index in [4.69, 9.17) is 4.74 Å². The van der Waals surface area contributed by atoms with Crippen molar-refractivity contribution in [3.05, 3.63) is 28.7 Å². The van der Waals surface area contributed by atoms with Crippen molar-refractivity contribution in [2.75, 3.05) is 25.4 Å². The van der Waals surface area contributed by atoms with Crippen molar-refractivity contribution in [2.24, 2.45) is 0 Å². The Morgan fingerprint density at radius 3 is 2.61 bits per heavy atom. The van der Waals surface area contributed by atoms with E-state index in [1.165, 1.54) is 4.90 Å². The summed E-state index contributed by atoms with van der Waals surface area (Å²) in [4.78, 5) is 1.32. The number of rotatable bonds is 9. The van der Waals surface area contributed by atoms with Crippen LogP contribution in [0.15, 0.2) is 33.6 Å². The van der Waals surface area contributed by atoms with Crippen LogP contribution in [0.3, 0.4) is 0 Å². The fraction of sp³-hybridized carbons (Fsp3) is 0.571. The molecule has 0 aromatic heterocycles. The summed E-state index contributed by atoms with van der Waals surface area (Å²) in [6.07, 6.45) is 1.43. The van der Waals surface area contributed by atoms with Gasteiger partial charge in [-0.05, 0) is 51.1 Å². The van der Waals surface area contributed by atoms with Gasteiger partial charge in [-0.1, -0.05) is 15.9 Å². The van der Waals surface area contributed by atoms with Crippen LogP contribution in [0, 0.1) is 0 Å². The third kappa shape index (κ3) is 8.14. The quantitative estimate of drug-likeness (QED) is 0.547. The zero-order chi connectivity index (χ0) is 13.2. The highest BCUT2D eigenvalue weighted by Crippen LogP contribution is 2.19. The van der Waals surface area contributed by atoms with Gasteiger partial charge in [0.2, 0.25) is 0 Å². The fourth-order valence-electron chi connectivity index (χ4n) is 1.41. The fourth-order valence-corrected chi connectivity index (χ4v) is 2.49. The lowest BCUT2D eigenvalue weighted by molar-refractivity contribution is 0.0772. The van der Waals surface area contributed by atoms with Crippen LogP contribution in [0.1, 0.15) is 20.3 Å². The molecule has 0 fully saturated rings. The lowest BCUT2D eigenvalue weighted by atomic mass is 10.4. The molecule has 1 aromatic carbocycles. The van der Waals surface area contributed by atoms with Crippen molar-refractivity contribution in [3.63, 3.8) is 0 Å². The Morgan fingerprint density at radius 1 is 1.22 bits per heavy atom. The van der Waals surface area contributed by atoms with Crippen molar-refractivity contribution >= 4 is 27.7 Å². The van der Waals surface area contributed by atoms with Crippen LogP contribution in [-0.4, -0.2) is 31.6 Å². The summed E-state index contributed by atoms with van der Waals surface area (Å²) >= 11 is 5.32. The van der Waals surface area contributed by atoms with Gasteiger partial charge in [-0.3, -0.25) is 0 Å². The molecule has 0 amide bonds. The number of halogens is 1. The average molecular weight is 332 g/mol. The molecule has 0 radical (unpaired) electrons. The molecule has 0 aliphatic heterocycles. The molecule has 102 valence electrons. The molecular formula is C14H22BrNOS. The molecule has 18 heavy (non-hydrogen) atoms. The van der Waals surface area contributed by atoms with Crippen LogP contribution in [0.25, 0.3) is 0 Å². The van der Waals surface area contributed by atoms with Gasteiger partial charge in [-0.15, -0.1) is 11.8 Å². The van der Waals surface area contributed by atoms with Crippen molar-refractivity contribution in [2.45, 2.75) is 31.3 Å². The van der Waals surface area contributed by atoms with Crippen molar-refractivity contribution in [1.29, 1.82) is 0 Å². The van der Waals surface area contributed by atoms with Gasteiger partial charge in [-0.2, -0.15) is 0 Å². The molecule has 0 heterocycles. The zero-order valence-corrected chi connectivity index (χ0v) is 13.5. The Kier molecular flexibility index (Phi) is 8.76. The van der Waals surface area contributed by atoms with Gasteiger partial charge in [0, 0.05) is 28.3 Å². The number of nitrogens with one attached hydrogen (secondary N) is 1. The van der Waals surface area contributed by atoms with E-state index in [1.54, 1.807) is 0 Å². The smallest absolute Gasteiger partial charge is 0.0518 e. The van der Waals surface area contributed by atoms with E-state index in [1.807, 2.05) is 11.8 Å². The van der Waals surface area contributed by atoms with Crippen LogP contribution < -0.4 is 5.32 Å². The molecule has 2 nitrogen and oxygen atoms in total. The Bertz CT molecular complexity index is 316. The number of hydrogen-bond acceptors (Lipinski definition) is 3. The molecule has 0 aliphatic rings. The van der Waals surface area contributed by atoms with E-state index in [-0.39, 0.29) is 0 Å². The topological polar surface area (TPSA) is 21.3 Å². The minimum atomic E-state index is 0.345. The van der Waals surface area contributed by atoms with Crippen LogP contribution in [0.4, 0.5) is 0 Å². The highest BCUT2D eigenvalue weighted by Gasteiger charge is 1.95. The third-order valence-corrected chi connectivity index (χ3v) is 3.85. The first-order valence-corrected chi connectivity index (χ1v) is 8.17. The minimum absolute atomic E-state index is 0.345. The normalized spacial score (nSPS) is 11.1. The van der Waals surface area contributed by atoms with Gasteiger partial charge in [0.05, 0.1) is 6.10 Å². The predicted molar refractivity (Wildman–Crippen MR) is 83.4 cm³/mol. The number of hydrogen-bond donors (Lipinski definition) is 1. The number of thioether (sulfide) groups is 1. The second kappa shape index (κ2) is 9.84. The van der Waals surface area contributed by atoms with Gasteiger partial charge >= 0.3 is 0 Å². The van der Waals surface area contributed by atoms with Crippen molar-refractivity contribution in [1.82, 2.24) is 5.32 Å². The third-order valence-electron chi connectivity index (χ3n) is 2.31. The Balaban J connectivity index is 1.94. The largest absolute Gasteiger partial charge is 0.379 e. The molecule has 4 heteroatoms. The highest BCUT2D eigenvalue weighted by molar-refractivity contribution is 9.10. The summed E-state index contributed by atoms with van der Waals surface area (Å²) in [6, 6.07) is 8.45. The van der Waals surface area contributed by atoms with E-state index >= 15 is 0 Å². The van der Waals surface area contributed by atoms with E-state index in [0.29, 0.717) is 6.10 Å². The first-order valence-electron chi connectivity index (χ1n) is 6.39. The molecule has 0 saturated heterocycles. The highest BCUT2D eigenvalue weighted by atomic mass is 79.9. The Hall–Kier alpha value is -0.0300. The number of ether oxygens (including phenoxy) is 1. The molecule has 0 saturated carbocycles. The predicted octanol–water partition coefficient (Wildman–Crippen LogP) is 3.95. The van der Waals surface area contributed by atoms with Gasteiger partial charge in [-0.25, -0.2) is 0 Å². The van der Waals surface area contributed by atoms with Crippen LogP contribution >= 0.6 is 27.7 Å². The summed E-state index contributed by atoms with van der Waals surface area (Å²) < 4.78 is 6.61. The van der Waals surface area contributed by atoms with E-state index in [9.17, 15) is 0 Å². The van der Waals surface area contributed by atoms with Gasteiger partial charge in [0.25, 0.3) is 0 Å². The summed E-state index contributed by atoms with van der Waals surface area (Å²) in [5, 5.41) is 3.43. The summed E-state index contributed by atoms with van der Waals surface area (Å²) in [7, 11) is 0. The van der Waals surface area contributed by atoms with E-state index in [2.05, 4.69) is 59.4 Å². The summed E-state index contributed by atoms with van der Waals surface area (Å²) in [5.74, 6) is 1.10. The molecule has 1 N–H and O–H groups in total. The molecule has 1 rings (SSSR count). The van der Waals surface area contributed by atoms with Crippen LogP contribution in [0.5, 0.6) is 0 Å². The first kappa shape index (κ1) is 16.0. The lowest BCUT2D eigenvalue weighted by Gasteiger charge is -2.08. The Morgan fingerprint density at radius 2 is 1.94 bits per heavy atom. The SMILES string of the molecule is CC(C)OCCCNCCSc1ccc(Br)cc1. The second-order valence-electron chi connectivity index (χ2n) is 4.33. The van der Waals surface area contributed by atoms with Crippen LogP contribution in [0.2, 0.25) is 0 Å². The monoisotopic (exact) mass is 331 g/mol. The van der Waals surface area contributed by atoms with Crippen molar-refractivity contribution < 1.29 is 4.74 Å². The van der Waals surface area contributed by atoms with E-state index < -0.39 is 0 Å². The number of benzene rings is 1. The molecule has 0 atom stereocenters. The van der Waals surface area contributed by atoms with Crippen molar-refractivity contribution in [3.8, 4) is 0 Å². The maximum absolute atomic E-state index is 5.48. The van der Waals surface area contributed by atoms with Gasteiger partial charge in [0.15, 0.2) is 0 Å². The summed E-state index contributed by atoms with van der Waals surface area (Å²) in [5.41, 5.74) is 0.